The highest BCUT2D eigenvalue weighted by atomic mass is 35.5. The van der Waals surface area contributed by atoms with E-state index in [9.17, 15) is 9.18 Å². The van der Waals surface area contributed by atoms with Crippen LogP contribution in [0.25, 0.3) is 0 Å². The van der Waals surface area contributed by atoms with E-state index in [1.165, 1.54) is 12.1 Å². The van der Waals surface area contributed by atoms with Gasteiger partial charge in [0.1, 0.15) is 11.6 Å². The highest BCUT2D eigenvalue weighted by Gasteiger charge is 2.08. The van der Waals surface area contributed by atoms with Crippen molar-refractivity contribution >= 4 is 28.9 Å². The van der Waals surface area contributed by atoms with E-state index in [1.54, 1.807) is 12.1 Å². The van der Waals surface area contributed by atoms with Gasteiger partial charge in [0.15, 0.2) is 6.61 Å². The summed E-state index contributed by atoms with van der Waals surface area (Å²) in [6.45, 7) is 1.65. The Labute approximate surface area is 126 Å². The SMILES string of the molecule is Cc1ccc(NC(=O)COc2ccc(Cl)c(F)c2)c(N)c1. The number of benzene rings is 2. The zero-order chi connectivity index (χ0) is 15.4. The third-order valence-electron chi connectivity index (χ3n) is 2.74. The minimum absolute atomic E-state index is 0.000713. The summed E-state index contributed by atoms with van der Waals surface area (Å²) in [5.74, 6) is -0.762. The molecule has 0 saturated heterocycles. The van der Waals surface area contributed by atoms with E-state index >= 15 is 0 Å². The number of aryl methyl sites for hydroxylation is 1. The van der Waals surface area contributed by atoms with Gasteiger partial charge in [0.2, 0.25) is 0 Å². The van der Waals surface area contributed by atoms with Gasteiger partial charge in [0, 0.05) is 6.07 Å². The molecular weight excluding hydrogens is 295 g/mol. The van der Waals surface area contributed by atoms with Gasteiger partial charge in [-0.1, -0.05) is 17.7 Å². The Hall–Kier alpha value is -2.27. The Balaban J connectivity index is 1.94. The molecular formula is C15H14ClFN2O2. The van der Waals surface area contributed by atoms with E-state index in [1.807, 2.05) is 13.0 Å². The molecule has 0 aromatic heterocycles. The number of hydrogen-bond donors (Lipinski definition) is 2. The Kier molecular flexibility index (Phi) is 4.65. The van der Waals surface area contributed by atoms with Crippen LogP contribution in [-0.4, -0.2) is 12.5 Å². The minimum Gasteiger partial charge on any atom is -0.484 e. The molecule has 0 aliphatic carbocycles. The van der Waals surface area contributed by atoms with Crippen molar-refractivity contribution in [2.24, 2.45) is 0 Å². The highest BCUT2D eigenvalue weighted by molar-refractivity contribution is 6.30. The number of hydrogen-bond acceptors (Lipinski definition) is 3. The van der Waals surface area contributed by atoms with Crippen LogP contribution >= 0.6 is 11.6 Å². The Bertz CT molecular complexity index is 677. The zero-order valence-corrected chi connectivity index (χ0v) is 12.1. The number of carbonyl (C=O) groups is 1. The van der Waals surface area contributed by atoms with Crippen LogP contribution in [-0.2, 0) is 4.79 Å². The third kappa shape index (κ3) is 4.10. The maximum atomic E-state index is 13.2. The molecule has 1 amide bonds. The second-order valence-electron chi connectivity index (χ2n) is 4.50. The molecule has 0 spiro atoms. The van der Waals surface area contributed by atoms with E-state index in [0.29, 0.717) is 11.4 Å². The number of amides is 1. The molecule has 2 rings (SSSR count). The Morgan fingerprint density at radius 1 is 1.33 bits per heavy atom. The predicted octanol–water partition coefficient (Wildman–Crippen LogP) is 3.39. The summed E-state index contributed by atoms with van der Waals surface area (Å²) in [5, 5.41) is 2.62. The predicted molar refractivity (Wildman–Crippen MR) is 81.1 cm³/mol. The van der Waals surface area contributed by atoms with E-state index < -0.39 is 5.82 Å². The van der Waals surface area contributed by atoms with Crippen LogP contribution < -0.4 is 15.8 Å². The lowest BCUT2D eigenvalue weighted by atomic mass is 10.2. The van der Waals surface area contributed by atoms with E-state index in [2.05, 4.69) is 5.32 Å². The largest absolute Gasteiger partial charge is 0.484 e. The average Bonchev–Trinajstić information content (AvgIpc) is 2.43. The summed E-state index contributed by atoms with van der Waals surface area (Å²) < 4.78 is 18.4. The lowest BCUT2D eigenvalue weighted by Gasteiger charge is -2.10. The quantitative estimate of drug-likeness (QED) is 0.851. The van der Waals surface area contributed by atoms with Crippen LogP contribution in [0.2, 0.25) is 5.02 Å². The normalized spacial score (nSPS) is 10.2. The first kappa shape index (κ1) is 15.1. The summed E-state index contributed by atoms with van der Waals surface area (Å²) in [4.78, 5) is 11.8. The van der Waals surface area contributed by atoms with Crippen molar-refractivity contribution in [3.8, 4) is 5.75 Å². The first-order valence-electron chi connectivity index (χ1n) is 6.19. The first-order valence-corrected chi connectivity index (χ1v) is 6.57. The number of rotatable bonds is 4. The topological polar surface area (TPSA) is 64.3 Å². The standard InChI is InChI=1S/C15H14ClFN2O2/c1-9-2-5-14(13(18)6-9)19-15(20)8-21-10-3-4-11(16)12(17)7-10/h2-7H,8,18H2,1H3,(H,19,20). The molecule has 0 fully saturated rings. The van der Waals surface area contributed by atoms with E-state index in [-0.39, 0.29) is 23.3 Å². The van der Waals surface area contributed by atoms with Gasteiger partial charge >= 0.3 is 0 Å². The molecule has 6 heteroatoms. The molecule has 0 radical (unpaired) electrons. The average molecular weight is 309 g/mol. The molecule has 0 atom stereocenters. The van der Waals surface area contributed by atoms with Crippen LogP contribution in [0.1, 0.15) is 5.56 Å². The van der Waals surface area contributed by atoms with Crippen molar-refractivity contribution in [3.63, 3.8) is 0 Å². The Morgan fingerprint density at radius 3 is 2.76 bits per heavy atom. The van der Waals surface area contributed by atoms with Crippen molar-refractivity contribution < 1.29 is 13.9 Å². The number of anilines is 2. The van der Waals surface area contributed by atoms with Crippen LogP contribution in [0.4, 0.5) is 15.8 Å². The second kappa shape index (κ2) is 6.45. The molecule has 0 unspecified atom stereocenters. The summed E-state index contributed by atoms with van der Waals surface area (Å²) in [5.41, 5.74) is 7.78. The number of nitrogens with two attached hydrogens (primary N) is 1. The van der Waals surface area contributed by atoms with Crippen molar-refractivity contribution in [1.82, 2.24) is 0 Å². The van der Waals surface area contributed by atoms with Crippen LogP contribution in [0.5, 0.6) is 5.75 Å². The third-order valence-corrected chi connectivity index (χ3v) is 3.05. The van der Waals surface area contributed by atoms with Crippen molar-refractivity contribution in [2.45, 2.75) is 6.92 Å². The van der Waals surface area contributed by atoms with Gasteiger partial charge in [0.25, 0.3) is 5.91 Å². The highest BCUT2D eigenvalue weighted by Crippen LogP contribution is 2.21. The maximum absolute atomic E-state index is 13.2. The smallest absolute Gasteiger partial charge is 0.262 e. The summed E-state index contributed by atoms with van der Waals surface area (Å²) >= 11 is 5.56. The minimum atomic E-state index is -0.600. The summed E-state index contributed by atoms with van der Waals surface area (Å²) in [7, 11) is 0. The van der Waals surface area contributed by atoms with Crippen LogP contribution in [0, 0.1) is 12.7 Å². The van der Waals surface area contributed by atoms with Crippen LogP contribution in [0.15, 0.2) is 36.4 Å². The van der Waals surface area contributed by atoms with E-state index in [4.69, 9.17) is 22.1 Å². The molecule has 0 aliphatic heterocycles. The number of nitrogens with one attached hydrogen (secondary N) is 1. The van der Waals surface area contributed by atoms with Gasteiger partial charge < -0.3 is 15.8 Å². The molecule has 3 N–H and O–H groups in total. The maximum Gasteiger partial charge on any atom is 0.262 e. The van der Waals surface area contributed by atoms with Gasteiger partial charge in [-0.05, 0) is 36.8 Å². The second-order valence-corrected chi connectivity index (χ2v) is 4.91. The molecule has 0 aliphatic rings. The number of halogens is 2. The van der Waals surface area contributed by atoms with Gasteiger partial charge in [-0.15, -0.1) is 0 Å². The monoisotopic (exact) mass is 308 g/mol. The Morgan fingerprint density at radius 2 is 2.10 bits per heavy atom. The zero-order valence-electron chi connectivity index (χ0n) is 11.3. The van der Waals surface area contributed by atoms with Crippen molar-refractivity contribution in [3.05, 3.63) is 52.8 Å². The van der Waals surface area contributed by atoms with Gasteiger partial charge in [-0.2, -0.15) is 0 Å². The fourth-order valence-corrected chi connectivity index (χ4v) is 1.82. The van der Waals surface area contributed by atoms with Gasteiger partial charge in [-0.25, -0.2) is 4.39 Å². The molecule has 0 heterocycles. The summed E-state index contributed by atoms with van der Waals surface area (Å²) in [6, 6.07) is 9.27. The summed E-state index contributed by atoms with van der Waals surface area (Å²) in [6.07, 6.45) is 0. The number of ether oxygens (including phenoxy) is 1. The lowest BCUT2D eigenvalue weighted by Crippen LogP contribution is -2.20. The number of nitrogen functional groups attached to an aromatic ring is 1. The molecule has 2 aromatic rings. The molecule has 4 nitrogen and oxygen atoms in total. The molecule has 0 saturated carbocycles. The van der Waals surface area contributed by atoms with Gasteiger partial charge in [-0.3, -0.25) is 4.79 Å². The molecule has 0 bridgehead atoms. The van der Waals surface area contributed by atoms with Gasteiger partial charge in [0.05, 0.1) is 16.4 Å². The lowest BCUT2D eigenvalue weighted by molar-refractivity contribution is -0.118. The molecule has 2 aromatic carbocycles. The van der Waals surface area contributed by atoms with Crippen LogP contribution in [0.3, 0.4) is 0 Å². The first-order chi connectivity index (χ1) is 9.95. The van der Waals surface area contributed by atoms with Crippen molar-refractivity contribution in [2.75, 3.05) is 17.7 Å². The van der Waals surface area contributed by atoms with E-state index in [0.717, 1.165) is 11.6 Å². The fourth-order valence-electron chi connectivity index (χ4n) is 1.70. The molecule has 110 valence electrons. The van der Waals surface area contributed by atoms with Crippen molar-refractivity contribution in [1.29, 1.82) is 0 Å². The molecule has 21 heavy (non-hydrogen) atoms. The number of carbonyl (C=O) groups excluding carboxylic acids is 1. The fraction of sp³-hybridized carbons (Fsp3) is 0.133.